The van der Waals surface area contributed by atoms with E-state index >= 15 is 0 Å². The van der Waals surface area contributed by atoms with Crippen LogP contribution < -0.4 is 9.57 Å². The largest absolute Gasteiger partial charge is 0.488 e. The fourth-order valence-electron chi connectivity index (χ4n) is 3.24. The molecule has 0 aliphatic heterocycles. The summed E-state index contributed by atoms with van der Waals surface area (Å²) in [5.74, 6) is 0.571. The summed E-state index contributed by atoms with van der Waals surface area (Å²) in [4.78, 5) is 2.43. The molecular weight excluding hydrogens is 444 g/mol. The molecule has 4 rings (SSSR count). The summed E-state index contributed by atoms with van der Waals surface area (Å²) in [7, 11) is -3.78. The normalized spacial score (nSPS) is 11.7. The minimum absolute atomic E-state index is 0.147. The fraction of sp³-hybridized carbons (Fsp3) is 0.0800. The highest BCUT2D eigenvalue weighted by molar-refractivity contribution is 7.89. The van der Waals surface area contributed by atoms with Gasteiger partial charge >= 0.3 is 0 Å². The zero-order chi connectivity index (χ0) is 22.6. The zero-order valence-electron chi connectivity index (χ0n) is 17.3. The Hall–Kier alpha value is -3.35. The molecule has 5 nitrogen and oxygen atoms in total. The molecule has 0 heterocycles. The van der Waals surface area contributed by atoms with Gasteiger partial charge in [-0.25, -0.2) is 4.83 Å². The molecule has 0 radical (unpaired) electrons. The molecule has 0 unspecified atom stereocenters. The van der Waals surface area contributed by atoms with E-state index in [9.17, 15) is 8.42 Å². The van der Waals surface area contributed by atoms with E-state index in [1.54, 1.807) is 24.3 Å². The second kappa shape index (κ2) is 9.42. The third-order valence-electron chi connectivity index (χ3n) is 4.97. The van der Waals surface area contributed by atoms with Crippen molar-refractivity contribution in [3.8, 4) is 5.75 Å². The number of sulfonamides is 1. The predicted octanol–water partition coefficient (Wildman–Crippen LogP) is 5.69. The average Bonchev–Trinajstić information content (AvgIpc) is 2.79. The molecule has 32 heavy (non-hydrogen) atoms. The Labute approximate surface area is 192 Å². The second-order valence-electron chi connectivity index (χ2n) is 7.24. The number of benzene rings is 4. The molecule has 0 aromatic heterocycles. The van der Waals surface area contributed by atoms with Crippen LogP contribution in [-0.2, 0) is 16.6 Å². The highest BCUT2D eigenvalue weighted by atomic mass is 35.5. The molecule has 0 saturated heterocycles. The summed E-state index contributed by atoms with van der Waals surface area (Å²) >= 11 is 6.24. The molecule has 0 atom stereocenters. The molecule has 7 heteroatoms. The van der Waals surface area contributed by atoms with Crippen molar-refractivity contribution in [1.82, 2.24) is 4.83 Å². The van der Waals surface area contributed by atoms with Gasteiger partial charge in [0.2, 0.25) is 0 Å². The van der Waals surface area contributed by atoms with Gasteiger partial charge in [0.1, 0.15) is 12.4 Å². The molecule has 4 aromatic rings. The number of hydrogen-bond acceptors (Lipinski definition) is 4. The maximum atomic E-state index is 12.6. The van der Waals surface area contributed by atoms with E-state index in [0.29, 0.717) is 16.3 Å². The van der Waals surface area contributed by atoms with E-state index < -0.39 is 10.0 Å². The smallest absolute Gasteiger partial charge is 0.276 e. The van der Waals surface area contributed by atoms with Crippen molar-refractivity contribution >= 4 is 38.6 Å². The lowest BCUT2D eigenvalue weighted by Crippen LogP contribution is -2.18. The van der Waals surface area contributed by atoms with Crippen LogP contribution in [0.25, 0.3) is 10.8 Å². The summed E-state index contributed by atoms with van der Waals surface area (Å²) in [6.45, 7) is 2.17. The van der Waals surface area contributed by atoms with Gasteiger partial charge < -0.3 is 4.74 Å². The van der Waals surface area contributed by atoms with Gasteiger partial charge in [-0.05, 0) is 42.0 Å². The Morgan fingerprint density at radius 3 is 2.44 bits per heavy atom. The highest BCUT2D eigenvalue weighted by Gasteiger charge is 2.13. The van der Waals surface area contributed by atoms with Crippen LogP contribution in [0.3, 0.4) is 0 Å². The van der Waals surface area contributed by atoms with Crippen LogP contribution in [0.5, 0.6) is 5.75 Å². The van der Waals surface area contributed by atoms with Gasteiger partial charge in [0.05, 0.1) is 11.1 Å². The zero-order valence-corrected chi connectivity index (χ0v) is 18.9. The summed E-state index contributed by atoms with van der Waals surface area (Å²) in [6, 6.07) is 25.6. The number of nitrogens with zero attached hydrogens (tertiary/aromatic N) is 1. The lowest BCUT2D eigenvalue weighted by molar-refractivity contribution is 0.306. The molecule has 0 bridgehead atoms. The first-order chi connectivity index (χ1) is 15.4. The van der Waals surface area contributed by atoms with Crippen molar-refractivity contribution in [2.45, 2.75) is 18.4 Å². The molecular formula is C25H21ClN2O3S. The number of ether oxygens (including phenoxy) is 1. The minimum atomic E-state index is -3.78. The maximum Gasteiger partial charge on any atom is 0.276 e. The van der Waals surface area contributed by atoms with Crippen molar-refractivity contribution in [1.29, 1.82) is 0 Å². The van der Waals surface area contributed by atoms with Gasteiger partial charge in [-0.15, -0.1) is 0 Å². The molecule has 1 N–H and O–H groups in total. The van der Waals surface area contributed by atoms with Gasteiger partial charge in [0.25, 0.3) is 10.0 Å². The number of fused-ring (bicyclic) bond motifs is 1. The SMILES string of the molecule is Cc1ccc(S(=O)(=O)N/N=C\c2c(OCc3ccccc3Cl)ccc3ccccc23)cc1. The summed E-state index contributed by atoms with van der Waals surface area (Å²) in [6.07, 6.45) is 1.47. The Bertz CT molecular complexity index is 1380. The lowest BCUT2D eigenvalue weighted by atomic mass is 10.0. The molecule has 0 fully saturated rings. The summed E-state index contributed by atoms with van der Waals surface area (Å²) < 4.78 is 31.2. The van der Waals surface area contributed by atoms with Gasteiger partial charge in [0, 0.05) is 16.1 Å². The van der Waals surface area contributed by atoms with Gasteiger partial charge in [-0.3, -0.25) is 0 Å². The quantitative estimate of drug-likeness (QED) is 0.282. The van der Waals surface area contributed by atoms with Crippen molar-refractivity contribution in [3.05, 3.63) is 107 Å². The number of hydrazone groups is 1. The van der Waals surface area contributed by atoms with Crippen molar-refractivity contribution in [2.75, 3.05) is 0 Å². The van der Waals surface area contributed by atoms with E-state index in [1.807, 2.05) is 67.6 Å². The lowest BCUT2D eigenvalue weighted by Gasteiger charge is -2.12. The van der Waals surface area contributed by atoms with Crippen molar-refractivity contribution < 1.29 is 13.2 Å². The first-order valence-corrected chi connectivity index (χ1v) is 11.8. The van der Waals surface area contributed by atoms with Crippen LogP contribution in [0, 0.1) is 6.92 Å². The van der Waals surface area contributed by atoms with Crippen LogP contribution in [-0.4, -0.2) is 14.6 Å². The molecule has 0 aliphatic carbocycles. The summed E-state index contributed by atoms with van der Waals surface area (Å²) in [5, 5.41) is 6.52. The van der Waals surface area contributed by atoms with Crippen molar-refractivity contribution in [3.63, 3.8) is 0 Å². The monoisotopic (exact) mass is 464 g/mol. The molecule has 162 valence electrons. The van der Waals surface area contributed by atoms with Crippen LogP contribution in [0.1, 0.15) is 16.7 Å². The molecule has 0 spiro atoms. The Morgan fingerprint density at radius 1 is 0.938 bits per heavy atom. The molecule has 0 aliphatic rings. The topological polar surface area (TPSA) is 67.8 Å². The van der Waals surface area contributed by atoms with E-state index in [-0.39, 0.29) is 11.5 Å². The van der Waals surface area contributed by atoms with Gasteiger partial charge in [-0.2, -0.15) is 13.5 Å². The van der Waals surface area contributed by atoms with Crippen LogP contribution in [0.4, 0.5) is 0 Å². The molecule has 4 aromatic carbocycles. The van der Waals surface area contributed by atoms with Gasteiger partial charge in [-0.1, -0.05) is 77.8 Å². The third-order valence-corrected chi connectivity index (χ3v) is 6.58. The standard InChI is InChI=1S/C25H21ClN2O3S/c1-18-10-13-21(14-11-18)32(29,30)28-27-16-23-22-8-4-2-6-19(22)12-15-25(23)31-17-20-7-3-5-9-24(20)26/h2-16,28H,17H2,1H3/b27-16-. The van der Waals surface area contributed by atoms with Crippen molar-refractivity contribution in [2.24, 2.45) is 5.10 Å². The molecule has 0 saturated carbocycles. The first kappa shape index (κ1) is 21.9. The number of aryl methyl sites for hydroxylation is 1. The molecule has 0 amide bonds. The maximum absolute atomic E-state index is 12.6. The first-order valence-electron chi connectivity index (χ1n) is 9.93. The van der Waals surface area contributed by atoms with Crippen LogP contribution in [0.2, 0.25) is 5.02 Å². The second-order valence-corrected chi connectivity index (χ2v) is 9.31. The van der Waals surface area contributed by atoms with E-state index in [2.05, 4.69) is 9.93 Å². The van der Waals surface area contributed by atoms with Crippen LogP contribution >= 0.6 is 11.6 Å². The van der Waals surface area contributed by atoms with Gasteiger partial charge in [0.15, 0.2) is 0 Å². The fourth-order valence-corrected chi connectivity index (χ4v) is 4.22. The average molecular weight is 465 g/mol. The van der Waals surface area contributed by atoms with E-state index in [4.69, 9.17) is 16.3 Å². The number of nitrogens with one attached hydrogen (secondary N) is 1. The Balaban J connectivity index is 1.63. The number of halogens is 1. The highest BCUT2D eigenvalue weighted by Crippen LogP contribution is 2.28. The number of hydrogen-bond donors (Lipinski definition) is 1. The third kappa shape index (κ3) is 4.93. The van der Waals surface area contributed by atoms with Crippen LogP contribution in [0.15, 0.2) is 94.9 Å². The minimum Gasteiger partial charge on any atom is -0.488 e. The Kier molecular flexibility index (Phi) is 6.44. The van der Waals surface area contributed by atoms with E-state index in [0.717, 1.165) is 21.9 Å². The Morgan fingerprint density at radius 2 is 1.66 bits per heavy atom. The predicted molar refractivity (Wildman–Crippen MR) is 129 cm³/mol. The van der Waals surface area contributed by atoms with E-state index in [1.165, 1.54) is 6.21 Å². The number of rotatable bonds is 7. The summed E-state index contributed by atoms with van der Waals surface area (Å²) in [5.41, 5.74) is 2.50.